The highest BCUT2D eigenvalue weighted by molar-refractivity contribution is 7.10. The fourth-order valence-corrected chi connectivity index (χ4v) is 2.43. The normalized spacial score (nSPS) is 14.0. The van der Waals surface area contributed by atoms with Crippen molar-refractivity contribution in [1.29, 1.82) is 0 Å². The van der Waals surface area contributed by atoms with Gasteiger partial charge in [0.05, 0.1) is 13.7 Å². The van der Waals surface area contributed by atoms with Crippen molar-refractivity contribution in [2.45, 2.75) is 18.9 Å². The molecule has 2 aromatic rings. The summed E-state index contributed by atoms with van der Waals surface area (Å²) in [5.41, 5.74) is 0.892. The second kappa shape index (κ2) is 6.19. The molecule has 1 aliphatic rings. The van der Waals surface area contributed by atoms with Crippen LogP contribution in [0.5, 0.6) is 5.75 Å². The molecule has 1 aromatic carbocycles. The number of rotatable bonds is 6. The molecule has 0 bridgehead atoms. The molecule has 1 aliphatic carbocycles. The predicted octanol–water partition coefficient (Wildman–Crippen LogP) is 1.90. The van der Waals surface area contributed by atoms with Crippen molar-refractivity contribution in [3.05, 3.63) is 24.3 Å². The van der Waals surface area contributed by atoms with E-state index in [2.05, 4.69) is 20.0 Å². The van der Waals surface area contributed by atoms with Gasteiger partial charge in [-0.25, -0.2) is 0 Å². The standard InChI is InChI=1S/C14H16N4O2S/c1-20-11-6-2-9(3-7-11)13-17-14(21-18-13)16-12(19)8-15-10-4-5-10/h2-3,6-7,10,15H,4-5,8H2,1H3,(H,16,17,18,19). The SMILES string of the molecule is COc1ccc(-c2nsc(NC(=O)CNC3CC3)n2)cc1. The summed E-state index contributed by atoms with van der Waals surface area (Å²) in [7, 11) is 1.62. The molecule has 0 radical (unpaired) electrons. The first-order valence-electron chi connectivity index (χ1n) is 6.76. The van der Waals surface area contributed by atoms with E-state index in [1.165, 1.54) is 11.5 Å². The predicted molar refractivity (Wildman–Crippen MR) is 81.6 cm³/mol. The summed E-state index contributed by atoms with van der Waals surface area (Å²) in [5.74, 6) is 1.31. The summed E-state index contributed by atoms with van der Waals surface area (Å²) in [6.07, 6.45) is 2.32. The first-order chi connectivity index (χ1) is 10.2. The van der Waals surface area contributed by atoms with Crippen LogP contribution in [-0.4, -0.2) is 35.0 Å². The first kappa shape index (κ1) is 14.0. The van der Waals surface area contributed by atoms with Crippen molar-refractivity contribution in [1.82, 2.24) is 14.7 Å². The van der Waals surface area contributed by atoms with E-state index in [-0.39, 0.29) is 5.91 Å². The lowest BCUT2D eigenvalue weighted by Gasteiger charge is -2.02. The van der Waals surface area contributed by atoms with E-state index < -0.39 is 0 Å². The van der Waals surface area contributed by atoms with Gasteiger partial charge in [-0.15, -0.1) is 0 Å². The Balaban J connectivity index is 1.60. The number of carbonyl (C=O) groups excluding carboxylic acids is 1. The Hall–Kier alpha value is -1.99. The third-order valence-electron chi connectivity index (χ3n) is 3.15. The lowest BCUT2D eigenvalue weighted by atomic mass is 10.2. The van der Waals surface area contributed by atoms with Gasteiger partial charge >= 0.3 is 0 Å². The monoisotopic (exact) mass is 304 g/mol. The van der Waals surface area contributed by atoms with Crippen LogP contribution in [-0.2, 0) is 4.79 Å². The molecule has 3 rings (SSSR count). The number of hydrogen-bond acceptors (Lipinski definition) is 6. The third kappa shape index (κ3) is 3.77. The maximum absolute atomic E-state index is 11.7. The van der Waals surface area contributed by atoms with Gasteiger partial charge in [0, 0.05) is 23.1 Å². The molecule has 2 N–H and O–H groups in total. The Morgan fingerprint density at radius 2 is 2.14 bits per heavy atom. The van der Waals surface area contributed by atoms with E-state index >= 15 is 0 Å². The minimum atomic E-state index is -0.0840. The van der Waals surface area contributed by atoms with Crippen LogP contribution in [0.3, 0.4) is 0 Å². The topological polar surface area (TPSA) is 76.1 Å². The molecule has 0 unspecified atom stereocenters. The molecule has 1 saturated carbocycles. The molecule has 7 heteroatoms. The van der Waals surface area contributed by atoms with E-state index in [0.717, 1.165) is 24.2 Å². The summed E-state index contributed by atoms with van der Waals surface area (Å²) in [5, 5.41) is 6.43. The van der Waals surface area contributed by atoms with Gasteiger partial charge in [0.15, 0.2) is 5.82 Å². The van der Waals surface area contributed by atoms with Gasteiger partial charge in [-0.1, -0.05) is 0 Å². The van der Waals surface area contributed by atoms with Gasteiger partial charge < -0.3 is 10.1 Å². The number of amides is 1. The number of methoxy groups -OCH3 is 1. The van der Waals surface area contributed by atoms with Crippen LogP contribution < -0.4 is 15.4 Å². The molecule has 1 heterocycles. The summed E-state index contributed by atoms with van der Waals surface area (Å²) >= 11 is 1.18. The quantitative estimate of drug-likeness (QED) is 0.852. The van der Waals surface area contributed by atoms with Gasteiger partial charge in [-0.2, -0.15) is 9.36 Å². The number of hydrogen-bond donors (Lipinski definition) is 2. The Morgan fingerprint density at radius 3 is 2.81 bits per heavy atom. The van der Waals surface area contributed by atoms with Crippen LogP contribution in [0.2, 0.25) is 0 Å². The van der Waals surface area contributed by atoms with Gasteiger partial charge in [0.2, 0.25) is 11.0 Å². The number of nitrogens with one attached hydrogen (secondary N) is 2. The lowest BCUT2D eigenvalue weighted by molar-refractivity contribution is -0.115. The number of aromatic nitrogens is 2. The van der Waals surface area contributed by atoms with Crippen molar-refractivity contribution < 1.29 is 9.53 Å². The zero-order valence-corrected chi connectivity index (χ0v) is 12.4. The van der Waals surface area contributed by atoms with Gasteiger partial charge in [0.25, 0.3) is 0 Å². The summed E-state index contributed by atoms with van der Waals surface area (Å²) < 4.78 is 9.37. The molecule has 110 valence electrons. The van der Waals surface area contributed by atoms with E-state index in [9.17, 15) is 4.79 Å². The van der Waals surface area contributed by atoms with Crippen molar-refractivity contribution in [3.8, 4) is 17.1 Å². The molecule has 0 saturated heterocycles. The fourth-order valence-electron chi connectivity index (χ4n) is 1.82. The molecule has 6 nitrogen and oxygen atoms in total. The number of ether oxygens (including phenoxy) is 1. The maximum atomic E-state index is 11.7. The van der Waals surface area contributed by atoms with Crippen LogP contribution in [0.25, 0.3) is 11.4 Å². The second-order valence-electron chi connectivity index (χ2n) is 4.85. The number of anilines is 1. The zero-order chi connectivity index (χ0) is 14.7. The first-order valence-corrected chi connectivity index (χ1v) is 7.53. The highest BCUT2D eigenvalue weighted by Gasteiger charge is 2.21. The van der Waals surface area contributed by atoms with Gasteiger partial charge in [-0.05, 0) is 37.1 Å². The molecule has 1 fully saturated rings. The Labute approximate surface area is 126 Å². The maximum Gasteiger partial charge on any atom is 0.240 e. The second-order valence-corrected chi connectivity index (χ2v) is 5.61. The molecule has 0 aliphatic heterocycles. The van der Waals surface area contributed by atoms with Crippen LogP contribution in [0, 0.1) is 0 Å². The largest absolute Gasteiger partial charge is 0.497 e. The molecule has 1 amide bonds. The Morgan fingerprint density at radius 1 is 1.38 bits per heavy atom. The van der Waals surface area contributed by atoms with E-state index in [1.807, 2.05) is 24.3 Å². The van der Waals surface area contributed by atoms with Crippen LogP contribution >= 0.6 is 11.5 Å². The van der Waals surface area contributed by atoms with Gasteiger partial charge in [-0.3, -0.25) is 10.1 Å². The van der Waals surface area contributed by atoms with Crippen molar-refractivity contribution in [2.24, 2.45) is 0 Å². The van der Waals surface area contributed by atoms with Crippen molar-refractivity contribution in [2.75, 3.05) is 19.0 Å². The van der Waals surface area contributed by atoms with Crippen molar-refractivity contribution in [3.63, 3.8) is 0 Å². The summed E-state index contributed by atoms with van der Waals surface area (Å²) in [6.45, 7) is 0.322. The molecular weight excluding hydrogens is 288 g/mol. The molecular formula is C14H16N4O2S. The Bertz CT molecular complexity index is 622. The minimum Gasteiger partial charge on any atom is -0.497 e. The summed E-state index contributed by atoms with van der Waals surface area (Å²) in [4.78, 5) is 16.0. The van der Waals surface area contributed by atoms with E-state index in [4.69, 9.17) is 4.74 Å². The third-order valence-corrected chi connectivity index (χ3v) is 3.78. The average molecular weight is 304 g/mol. The molecule has 21 heavy (non-hydrogen) atoms. The fraction of sp³-hybridized carbons (Fsp3) is 0.357. The molecule has 0 spiro atoms. The highest BCUT2D eigenvalue weighted by Crippen LogP contribution is 2.23. The van der Waals surface area contributed by atoms with E-state index in [0.29, 0.717) is 23.5 Å². The number of benzene rings is 1. The van der Waals surface area contributed by atoms with Crippen molar-refractivity contribution >= 4 is 22.6 Å². The van der Waals surface area contributed by atoms with Crippen LogP contribution in [0.15, 0.2) is 24.3 Å². The Kier molecular flexibility index (Phi) is 4.12. The minimum absolute atomic E-state index is 0.0840. The van der Waals surface area contributed by atoms with E-state index in [1.54, 1.807) is 7.11 Å². The highest BCUT2D eigenvalue weighted by atomic mass is 32.1. The number of carbonyl (C=O) groups is 1. The van der Waals surface area contributed by atoms with Gasteiger partial charge in [0.1, 0.15) is 5.75 Å². The van der Waals surface area contributed by atoms with Crippen LogP contribution in [0.4, 0.5) is 5.13 Å². The molecule has 0 atom stereocenters. The number of nitrogens with zero attached hydrogens (tertiary/aromatic N) is 2. The zero-order valence-electron chi connectivity index (χ0n) is 11.6. The van der Waals surface area contributed by atoms with Crippen LogP contribution in [0.1, 0.15) is 12.8 Å². The smallest absolute Gasteiger partial charge is 0.240 e. The summed E-state index contributed by atoms with van der Waals surface area (Å²) in [6, 6.07) is 8.00. The average Bonchev–Trinajstić information content (AvgIpc) is 3.23. The lowest BCUT2D eigenvalue weighted by Crippen LogP contribution is -2.29. The molecule has 1 aromatic heterocycles.